The predicted molar refractivity (Wildman–Crippen MR) is 83.8 cm³/mol. The van der Waals surface area contributed by atoms with E-state index in [1.54, 1.807) is 29.2 Å². The Balaban J connectivity index is 2.16. The van der Waals surface area contributed by atoms with Crippen LogP contribution in [0.5, 0.6) is 0 Å². The van der Waals surface area contributed by atoms with Gasteiger partial charge in [0.25, 0.3) is 0 Å². The maximum absolute atomic E-state index is 12.4. The zero-order chi connectivity index (χ0) is 15.6. The Hall–Kier alpha value is -1.10. The highest BCUT2D eigenvalue weighted by Crippen LogP contribution is 2.26. The Bertz CT molecular complexity index is 654. The third kappa shape index (κ3) is 3.57. The Labute approximate surface area is 134 Å². The van der Waals surface area contributed by atoms with Crippen LogP contribution in [0.15, 0.2) is 33.6 Å². The third-order valence-electron chi connectivity index (χ3n) is 3.69. The van der Waals surface area contributed by atoms with Crippen LogP contribution in [0.25, 0.3) is 0 Å². The third-order valence-corrected chi connectivity index (χ3v) is 6.22. The standard InChI is InChI=1S/C14H18BrN3O2S/c1-10(2)13-7-11(8-18(13)9-16)17-21(19,20)14-6-4-3-5-12(14)15/h3-6,10-11,13,17H,7-8H2,1-2H3. The van der Waals surface area contributed by atoms with Crippen molar-refractivity contribution < 1.29 is 8.42 Å². The summed E-state index contributed by atoms with van der Waals surface area (Å²) in [6, 6.07) is 6.55. The molecule has 1 aliphatic heterocycles. The van der Waals surface area contributed by atoms with Gasteiger partial charge < -0.3 is 4.90 Å². The van der Waals surface area contributed by atoms with E-state index in [0.717, 1.165) is 0 Å². The maximum atomic E-state index is 12.4. The van der Waals surface area contributed by atoms with Gasteiger partial charge in [0.05, 0.1) is 4.90 Å². The predicted octanol–water partition coefficient (Wildman–Crippen LogP) is 2.31. The fourth-order valence-electron chi connectivity index (χ4n) is 2.64. The fourth-order valence-corrected chi connectivity index (χ4v) is 4.89. The van der Waals surface area contributed by atoms with Gasteiger partial charge in [-0.15, -0.1) is 0 Å². The summed E-state index contributed by atoms with van der Waals surface area (Å²) in [5.74, 6) is 0.308. The van der Waals surface area contributed by atoms with Crippen LogP contribution in [0, 0.1) is 17.4 Å². The summed E-state index contributed by atoms with van der Waals surface area (Å²) < 4.78 is 28.1. The minimum atomic E-state index is -3.59. The van der Waals surface area contributed by atoms with Crippen LogP contribution < -0.4 is 4.72 Å². The molecular weight excluding hydrogens is 354 g/mol. The Kier molecular flexibility index (Phi) is 4.91. The molecule has 0 spiro atoms. The lowest BCUT2D eigenvalue weighted by Gasteiger charge is -2.21. The van der Waals surface area contributed by atoms with E-state index in [-0.39, 0.29) is 17.0 Å². The van der Waals surface area contributed by atoms with Gasteiger partial charge in [-0.3, -0.25) is 0 Å². The van der Waals surface area contributed by atoms with Crippen LogP contribution in [0.2, 0.25) is 0 Å². The average Bonchev–Trinajstić information content (AvgIpc) is 2.81. The Morgan fingerprint density at radius 1 is 1.43 bits per heavy atom. The molecule has 1 aromatic rings. The molecule has 0 radical (unpaired) electrons. The number of hydrogen-bond acceptors (Lipinski definition) is 4. The molecule has 0 aromatic heterocycles. The largest absolute Gasteiger partial charge is 0.306 e. The first-order valence-electron chi connectivity index (χ1n) is 6.78. The molecule has 2 unspecified atom stereocenters. The number of nitrogens with one attached hydrogen (secondary N) is 1. The normalized spacial score (nSPS) is 22.5. The van der Waals surface area contributed by atoms with Crippen molar-refractivity contribution in [2.24, 2.45) is 5.92 Å². The van der Waals surface area contributed by atoms with Gasteiger partial charge in [-0.2, -0.15) is 5.26 Å². The highest BCUT2D eigenvalue weighted by molar-refractivity contribution is 9.10. The highest BCUT2D eigenvalue weighted by atomic mass is 79.9. The van der Waals surface area contributed by atoms with Gasteiger partial charge in [-0.05, 0) is 40.4 Å². The first-order chi connectivity index (χ1) is 9.85. The summed E-state index contributed by atoms with van der Waals surface area (Å²) in [5, 5.41) is 9.15. The second kappa shape index (κ2) is 6.34. The van der Waals surface area contributed by atoms with Crippen LogP contribution in [-0.4, -0.2) is 31.9 Å². The molecule has 0 saturated carbocycles. The summed E-state index contributed by atoms with van der Waals surface area (Å²) in [7, 11) is -3.59. The molecule has 2 atom stereocenters. The van der Waals surface area contributed by atoms with E-state index in [1.807, 2.05) is 13.8 Å². The first kappa shape index (κ1) is 16.3. The summed E-state index contributed by atoms with van der Waals surface area (Å²) in [5.41, 5.74) is 0. The lowest BCUT2D eigenvalue weighted by molar-refractivity contribution is 0.291. The van der Waals surface area contributed by atoms with E-state index in [2.05, 4.69) is 26.8 Å². The van der Waals surface area contributed by atoms with Crippen molar-refractivity contribution in [1.29, 1.82) is 5.26 Å². The van der Waals surface area contributed by atoms with E-state index in [0.29, 0.717) is 23.4 Å². The van der Waals surface area contributed by atoms with Crippen molar-refractivity contribution in [3.8, 4) is 6.19 Å². The first-order valence-corrected chi connectivity index (χ1v) is 9.06. The SMILES string of the molecule is CC(C)C1CC(NS(=O)(=O)c2ccccc2Br)CN1C#N. The molecule has 7 heteroatoms. The van der Waals surface area contributed by atoms with Gasteiger partial charge in [-0.1, -0.05) is 26.0 Å². The molecule has 1 aromatic carbocycles. The zero-order valence-corrected chi connectivity index (χ0v) is 14.4. The lowest BCUT2D eigenvalue weighted by Crippen LogP contribution is -2.36. The van der Waals surface area contributed by atoms with Crippen molar-refractivity contribution in [3.63, 3.8) is 0 Å². The fraction of sp³-hybridized carbons (Fsp3) is 0.500. The van der Waals surface area contributed by atoms with Crippen molar-refractivity contribution in [2.75, 3.05) is 6.54 Å². The van der Waals surface area contributed by atoms with E-state index in [9.17, 15) is 8.42 Å². The van der Waals surface area contributed by atoms with E-state index in [4.69, 9.17) is 5.26 Å². The van der Waals surface area contributed by atoms with Gasteiger partial charge in [0, 0.05) is 23.1 Å². The number of sulfonamides is 1. The second-order valence-electron chi connectivity index (χ2n) is 5.55. The Morgan fingerprint density at radius 2 is 2.10 bits per heavy atom. The molecule has 1 aliphatic rings. The molecule has 0 bridgehead atoms. The number of hydrogen-bond donors (Lipinski definition) is 1. The minimum absolute atomic E-state index is 0.0851. The van der Waals surface area contributed by atoms with Gasteiger partial charge in [-0.25, -0.2) is 13.1 Å². The second-order valence-corrected chi connectivity index (χ2v) is 8.08. The number of nitriles is 1. The Morgan fingerprint density at radius 3 is 2.62 bits per heavy atom. The molecule has 5 nitrogen and oxygen atoms in total. The van der Waals surface area contributed by atoms with Crippen molar-refractivity contribution in [2.45, 2.75) is 37.2 Å². The van der Waals surface area contributed by atoms with Crippen LogP contribution in [0.4, 0.5) is 0 Å². The molecule has 1 N–H and O–H groups in total. The summed E-state index contributed by atoms with van der Waals surface area (Å²) >= 11 is 3.26. The molecule has 0 aliphatic carbocycles. The van der Waals surface area contributed by atoms with Crippen LogP contribution in [-0.2, 0) is 10.0 Å². The van der Waals surface area contributed by atoms with Crippen LogP contribution >= 0.6 is 15.9 Å². The minimum Gasteiger partial charge on any atom is -0.306 e. The summed E-state index contributed by atoms with van der Waals surface area (Å²) in [6.07, 6.45) is 2.80. The molecule has 1 heterocycles. The van der Waals surface area contributed by atoms with Gasteiger partial charge in [0.1, 0.15) is 0 Å². The maximum Gasteiger partial charge on any atom is 0.242 e. The molecule has 1 saturated heterocycles. The molecule has 114 valence electrons. The molecule has 0 amide bonds. The van der Waals surface area contributed by atoms with Crippen LogP contribution in [0.1, 0.15) is 20.3 Å². The van der Waals surface area contributed by atoms with Gasteiger partial charge in [0.15, 0.2) is 6.19 Å². The number of benzene rings is 1. The van der Waals surface area contributed by atoms with E-state index >= 15 is 0 Å². The lowest BCUT2D eigenvalue weighted by atomic mass is 10.0. The molecule has 21 heavy (non-hydrogen) atoms. The van der Waals surface area contributed by atoms with Crippen molar-refractivity contribution >= 4 is 26.0 Å². The van der Waals surface area contributed by atoms with Crippen molar-refractivity contribution in [1.82, 2.24) is 9.62 Å². The monoisotopic (exact) mass is 371 g/mol. The van der Waals surface area contributed by atoms with Crippen molar-refractivity contribution in [3.05, 3.63) is 28.7 Å². The number of halogens is 1. The topological polar surface area (TPSA) is 73.2 Å². The quantitative estimate of drug-likeness (QED) is 0.824. The highest BCUT2D eigenvalue weighted by Gasteiger charge is 2.36. The summed E-state index contributed by atoms with van der Waals surface area (Å²) in [6.45, 7) is 4.50. The average molecular weight is 372 g/mol. The molecule has 1 fully saturated rings. The number of rotatable bonds is 4. The zero-order valence-electron chi connectivity index (χ0n) is 12.0. The van der Waals surface area contributed by atoms with Gasteiger partial charge >= 0.3 is 0 Å². The molecular formula is C14H18BrN3O2S. The number of likely N-dealkylation sites (tertiary alicyclic amines) is 1. The van der Waals surface area contributed by atoms with E-state index in [1.165, 1.54) is 0 Å². The smallest absolute Gasteiger partial charge is 0.242 e. The van der Waals surface area contributed by atoms with Gasteiger partial charge in [0.2, 0.25) is 10.0 Å². The summed E-state index contributed by atoms with van der Waals surface area (Å²) in [4.78, 5) is 1.89. The van der Waals surface area contributed by atoms with E-state index < -0.39 is 10.0 Å². The molecule has 2 rings (SSSR count). The van der Waals surface area contributed by atoms with Crippen LogP contribution in [0.3, 0.4) is 0 Å². The number of nitrogens with zero attached hydrogens (tertiary/aromatic N) is 2.